The summed E-state index contributed by atoms with van der Waals surface area (Å²) in [5.41, 5.74) is 2.22. The molecule has 33 heavy (non-hydrogen) atoms. The molecule has 6 nitrogen and oxygen atoms in total. The van der Waals surface area contributed by atoms with Crippen molar-refractivity contribution in [3.63, 3.8) is 0 Å². The number of nitrogens with one attached hydrogen (secondary N) is 1. The van der Waals surface area contributed by atoms with Gasteiger partial charge in [-0.15, -0.1) is 0 Å². The van der Waals surface area contributed by atoms with Gasteiger partial charge in [0.05, 0.1) is 18.0 Å². The molecule has 2 aromatic carbocycles. The molecule has 0 saturated carbocycles. The second-order valence-corrected chi connectivity index (χ2v) is 10.8. The molecule has 1 aliphatic heterocycles. The number of carbonyl (C=O) groups excluding carboxylic acids is 1. The van der Waals surface area contributed by atoms with Gasteiger partial charge in [-0.25, -0.2) is 12.8 Å². The lowest BCUT2D eigenvalue weighted by Gasteiger charge is -2.32. The number of rotatable bonds is 9. The Hall–Kier alpha value is -2.61. The molecule has 180 valence electrons. The molecular weight excluding hydrogens is 441 g/mol. The zero-order valence-corrected chi connectivity index (χ0v) is 20.4. The van der Waals surface area contributed by atoms with E-state index >= 15 is 0 Å². The van der Waals surface area contributed by atoms with Crippen LogP contribution >= 0.6 is 0 Å². The van der Waals surface area contributed by atoms with Gasteiger partial charge in [-0.1, -0.05) is 31.2 Å². The smallest absolute Gasteiger partial charge is 0.232 e. The standard InChI is InChI=1S/C25H34FN3O3S/c1-19-14-17-28(18-15-19)22-12-10-21(11-13-22)20(2)27-25(30)9-6-16-29(33(3,31)32)24-8-5-4-7-23(24)26/h4-5,7-8,10-13,19-20H,6,9,14-18H2,1-3H3,(H,27,30)/t20-/m1/s1. The van der Waals surface area contributed by atoms with E-state index in [2.05, 4.69) is 29.3 Å². The number of sulfonamides is 1. The SMILES string of the molecule is CC1CCN(c2ccc([C@@H](C)NC(=O)CCCN(c3ccccc3F)S(C)(=O)=O)cc2)CC1. The van der Waals surface area contributed by atoms with Crippen LogP contribution in [-0.2, 0) is 14.8 Å². The van der Waals surface area contributed by atoms with Crippen molar-refractivity contribution in [2.24, 2.45) is 5.92 Å². The van der Waals surface area contributed by atoms with Crippen molar-refractivity contribution >= 4 is 27.3 Å². The molecule has 1 atom stereocenters. The first kappa shape index (κ1) is 25.0. The van der Waals surface area contributed by atoms with E-state index in [1.807, 2.05) is 19.1 Å². The highest BCUT2D eigenvalue weighted by Crippen LogP contribution is 2.25. The minimum atomic E-state index is -3.66. The van der Waals surface area contributed by atoms with Gasteiger partial charge in [0.25, 0.3) is 0 Å². The van der Waals surface area contributed by atoms with Crippen LogP contribution in [0.3, 0.4) is 0 Å². The summed E-state index contributed by atoms with van der Waals surface area (Å²) in [4.78, 5) is 14.8. The third-order valence-electron chi connectivity index (χ3n) is 6.21. The molecule has 1 saturated heterocycles. The van der Waals surface area contributed by atoms with Gasteiger partial charge in [-0.3, -0.25) is 9.10 Å². The second kappa shape index (κ2) is 11.0. The Balaban J connectivity index is 1.51. The Bertz CT molecular complexity index is 1040. The summed E-state index contributed by atoms with van der Waals surface area (Å²) in [6.45, 7) is 6.40. The lowest BCUT2D eigenvalue weighted by molar-refractivity contribution is -0.121. The maximum atomic E-state index is 14.1. The van der Waals surface area contributed by atoms with Gasteiger partial charge >= 0.3 is 0 Å². The monoisotopic (exact) mass is 475 g/mol. The molecule has 0 aromatic heterocycles. The summed E-state index contributed by atoms with van der Waals surface area (Å²) in [6.07, 6.45) is 3.89. The first-order valence-corrected chi connectivity index (χ1v) is 13.4. The fourth-order valence-corrected chi connectivity index (χ4v) is 5.11. The molecule has 1 aliphatic rings. The zero-order chi connectivity index (χ0) is 24.0. The Kier molecular flexibility index (Phi) is 8.35. The van der Waals surface area contributed by atoms with E-state index in [0.717, 1.165) is 35.1 Å². The number of anilines is 2. The molecule has 2 aromatic rings. The van der Waals surface area contributed by atoms with Gasteiger partial charge < -0.3 is 10.2 Å². The summed E-state index contributed by atoms with van der Waals surface area (Å²) in [5, 5.41) is 2.97. The Labute approximate surface area is 196 Å². The van der Waals surface area contributed by atoms with E-state index in [-0.39, 0.29) is 37.0 Å². The number of benzene rings is 2. The van der Waals surface area contributed by atoms with Crippen molar-refractivity contribution < 1.29 is 17.6 Å². The minimum Gasteiger partial charge on any atom is -0.372 e. The van der Waals surface area contributed by atoms with Crippen LogP contribution in [-0.4, -0.2) is 40.2 Å². The highest BCUT2D eigenvalue weighted by atomic mass is 32.2. The summed E-state index contributed by atoms with van der Waals surface area (Å²) in [6, 6.07) is 13.9. The summed E-state index contributed by atoms with van der Waals surface area (Å²) >= 11 is 0. The molecular formula is C25H34FN3O3S. The van der Waals surface area contributed by atoms with Crippen molar-refractivity contribution in [2.45, 2.75) is 45.6 Å². The minimum absolute atomic E-state index is 0.00275. The molecule has 3 rings (SSSR count). The number of hydrogen-bond donors (Lipinski definition) is 1. The van der Waals surface area contributed by atoms with Crippen molar-refractivity contribution in [1.29, 1.82) is 0 Å². The van der Waals surface area contributed by atoms with Crippen molar-refractivity contribution in [3.05, 3.63) is 59.9 Å². The average molecular weight is 476 g/mol. The third kappa shape index (κ3) is 6.93. The molecule has 0 radical (unpaired) electrons. The zero-order valence-electron chi connectivity index (χ0n) is 19.6. The van der Waals surface area contributed by atoms with Gasteiger partial charge in [0.15, 0.2) is 0 Å². The van der Waals surface area contributed by atoms with Gasteiger partial charge in [0.1, 0.15) is 5.82 Å². The lowest BCUT2D eigenvalue weighted by atomic mass is 9.98. The molecule has 0 unspecified atom stereocenters. The molecule has 0 bridgehead atoms. The normalized spacial score (nSPS) is 15.8. The molecule has 1 fully saturated rings. The molecule has 0 aliphatic carbocycles. The van der Waals surface area contributed by atoms with Crippen LogP contribution < -0.4 is 14.5 Å². The van der Waals surface area contributed by atoms with Gasteiger partial charge in [-0.2, -0.15) is 0 Å². The quantitative estimate of drug-likeness (QED) is 0.580. The maximum Gasteiger partial charge on any atom is 0.232 e. The summed E-state index contributed by atoms with van der Waals surface area (Å²) < 4.78 is 39.4. The van der Waals surface area contributed by atoms with E-state index in [4.69, 9.17) is 0 Å². The fraction of sp³-hybridized carbons (Fsp3) is 0.480. The Morgan fingerprint density at radius 3 is 2.39 bits per heavy atom. The highest BCUT2D eigenvalue weighted by Gasteiger charge is 2.21. The van der Waals surface area contributed by atoms with E-state index in [1.54, 1.807) is 6.07 Å². The molecule has 8 heteroatoms. The van der Waals surface area contributed by atoms with E-state index < -0.39 is 15.8 Å². The fourth-order valence-electron chi connectivity index (χ4n) is 4.14. The number of amides is 1. The predicted octanol–water partition coefficient (Wildman–Crippen LogP) is 4.49. The largest absolute Gasteiger partial charge is 0.372 e. The third-order valence-corrected chi connectivity index (χ3v) is 7.39. The number of para-hydroxylation sites is 1. The Morgan fingerprint density at radius 2 is 1.79 bits per heavy atom. The number of piperidine rings is 1. The van der Waals surface area contributed by atoms with E-state index in [9.17, 15) is 17.6 Å². The highest BCUT2D eigenvalue weighted by molar-refractivity contribution is 7.92. The van der Waals surface area contributed by atoms with Crippen LogP contribution in [0.5, 0.6) is 0 Å². The van der Waals surface area contributed by atoms with Gasteiger partial charge in [-0.05, 0) is 61.9 Å². The van der Waals surface area contributed by atoms with Crippen LogP contribution in [0.4, 0.5) is 15.8 Å². The molecule has 1 heterocycles. The van der Waals surface area contributed by atoms with Gasteiger partial charge in [0, 0.05) is 31.7 Å². The number of nitrogens with zero attached hydrogens (tertiary/aromatic N) is 2. The van der Waals surface area contributed by atoms with E-state index in [0.29, 0.717) is 0 Å². The number of carbonyl (C=O) groups is 1. The topological polar surface area (TPSA) is 69.7 Å². The van der Waals surface area contributed by atoms with Gasteiger partial charge in [0.2, 0.25) is 15.9 Å². The summed E-state index contributed by atoms with van der Waals surface area (Å²) in [7, 11) is -3.66. The first-order valence-electron chi connectivity index (χ1n) is 11.5. The van der Waals surface area contributed by atoms with Crippen molar-refractivity contribution in [1.82, 2.24) is 5.32 Å². The lowest BCUT2D eigenvalue weighted by Crippen LogP contribution is -2.33. The van der Waals surface area contributed by atoms with E-state index in [1.165, 1.54) is 36.7 Å². The second-order valence-electron chi connectivity index (χ2n) is 8.94. The van der Waals surface area contributed by atoms with Crippen molar-refractivity contribution in [3.8, 4) is 0 Å². The van der Waals surface area contributed by atoms with Crippen molar-refractivity contribution in [2.75, 3.05) is 35.1 Å². The number of halogens is 1. The maximum absolute atomic E-state index is 14.1. The first-order chi connectivity index (χ1) is 15.6. The average Bonchev–Trinajstić information content (AvgIpc) is 2.77. The van der Waals surface area contributed by atoms with Crippen LogP contribution in [0.15, 0.2) is 48.5 Å². The molecule has 0 spiro atoms. The number of hydrogen-bond acceptors (Lipinski definition) is 4. The summed E-state index contributed by atoms with van der Waals surface area (Å²) in [5.74, 6) is 0.00841. The van der Waals surface area contributed by atoms with Crippen LogP contribution in [0.2, 0.25) is 0 Å². The van der Waals surface area contributed by atoms with Crippen LogP contribution in [0.1, 0.15) is 51.1 Å². The van der Waals surface area contributed by atoms with Crippen LogP contribution in [0.25, 0.3) is 0 Å². The molecule has 1 N–H and O–H groups in total. The molecule has 1 amide bonds. The predicted molar refractivity (Wildman–Crippen MR) is 131 cm³/mol. The van der Waals surface area contributed by atoms with Crippen LogP contribution in [0, 0.1) is 11.7 Å². The Morgan fingerprint density at radius 1 is 1.15 bits per heavy atom.